The van der Waals surface area contributed by atoms with E-state index in [1.165, 1.54) is 31.0 Å². The topological polar surface area (TPSA) is 59.2 Å². The molecule has 1 amide bonds. The van der Waals surface area contributed by atoms with Gasteiger partial charge in [-0.1, -0.05) is 37.1 Å². The summed E-state index contributed by atoms with van der Waals surface area (Å²) in [6, 6.07) is 4.28. The van der Waals surface area contributed by atoms with Crippen molar-refractivity contribution in [2.24, 2.45) is 0 Å². The van der Waals surface area contributed by atoms with Crippen LogP contribution in [0.4, 0.5) is 0 Å². The Labute approximate surface area is 138 Å². The van der Waals surface area contributed by atoms with Crippen LogP contribution in [0.2, 0.25) is 0 Å². The first-order chi connectivity index (χ1) is 10.7. The van der Waals surface area contributed by atoms with Crippen LogP contribution in [-0.2, 0) is 4.79 Å². The lowest BCUT2D eigenvalue weighted by atomic mass is 9.94. The summed E-state index contributed by atoms with van der Waals surface area (Å²) in [5.41, 5.74) is 0. The van der Waals surface area contributed by atoms with Crippen LogP contribution in [0.1, 0.15) is 32.1 Å². The molecule has 1 aliphatic rings. The Morgan fingerprint density at radius 2 is 2.23 bits per heavy atom. The summed E-state index contributed by atoms with van der Waals surface area (Å²) in [5.74, 6) is 0.998. The molecule has 0 aliphatic heterocycles. The van der Waals surface area contributed by atoms with E-state index in [1.54, 1.807) is 11.3 Å². The Hall–Kier alpha value is -1.34. The number of thiophene rings is 1. The second kappa shape index (κ2) is 7.28. The SMILES string of the molecule is CN(C(=O)CSc1nnc(-c2cccs2)o1)C1CCCCC1. The van der Waals surface area contributed by atoms with E-state index >= 15 is 0 Å². The van der Waals surface area contributed by atoms with Gasteiger partial charge in [-0.3, -0.25) is 4.79 Å². The van der Waals surface area contributed by atoms with Gasteiger partial charge in [0.15, 0.2) is 0 Å². The fraction of sp³-hybridized carbons (Fsp3) is 0.533. The Morgan fingerprint density at radius 3 is 2.95 bits per heavy atom. The van der Waals surface area contributed by atoms with Gasteiger partial charge in [0, 0.05) is 13.1 Å². The zero-order valence-electron chi connectivity index (χ0n) is 12.5. The van der Waals surface area contributed by atoms with E-state index < -0.39 is 0 Å². The third kappa shape index (κ3) is 3.70. The molecule has 3 rings (SSSR count). The molecule has 2 aromatic heterocycles. The minimum atomic E-state index is 0.132. The molecule has 118 valence electrons. The highest BCUT2D eigenvalue weighted by atomic mass is 32.2. The summed E-state index contributed by atoms with van der Waals surface area (Å²) in [6.07, 6.45) is 5.99. The van der Waals surface area contributed by atoms with E-state index in [0.717, 1.165) is 17.7 Å². The number of amides is 1. The van der Waals surface area contributed by atoms with Gasteiger partial charge in [-0.05, 0) is 24.3 Å². The summed E-state index contributed by atoms with van der Waals surface area (Å²) in [6.45, 7) is 0. The lowest BCUT2D eigenvalue weighted by Gasteiger charge is -2.31. The van der Waals surface area contributed by atoms with Gasteiger partial charge in [0.1, 0.15) is 0 Å². The normalized spacial score (nSPS) is 15.9. The average molecular weight is 337 g/mol. The molecule has 2 aromatic rings. The molecule has 0 N–H and O–H groups in total. The number of hydrogen-bond acceptors (Lipinski definition) is 6. The zero-order chi connectivity index (χ0) is 15.4. The van der Waals surface area contributed by atoms with E-state index in [2.05, 4.69) is 10.2 Å². The first kappa shape index (κ1) is 15.6. The molecule has 0 bridgehead atoms. The lowest BCUT2D eigenvalue weighted by Crippen LogP contribution is -2.39. The highest BCUT2D eigenvalue weighted by Gasteiger charge is 2.22. The molecule has 1 aliphatic carbocycles. The number of thioether (sulfide) groups is 1. The van der Waals surface area contributed by atoms with Gasteiger partial charge in [0.05, 0.1) is 10.6 Å². The van der Waals surface area contributed by atoms with E-state index in [4.69, 9.17) is 4.42 Å². The molecule has 2 heterocycles. The second-order valence-corrected chi connectivity index (χ2v) is 7.31. The number of carbonyl (C=O) groups is 1. The summed E-state index contributed by atoms with van der Waals surface area (Å²) in [7, 11) is 1.91. The first-order valence-electron chi connectivity index (χ1n) is 7.50. The molecule has 0 atom stereocenters. The van der Waals surface area contributed by atoms with Crippen molar-refractivity contribution in [3.63, 3.8) is 0 Å². The molecule has 22 heavy (non-hydrogen) atoms. The minimum absolute atomic E-state index is 0.132. The number of carbonyl (C=O) groups excluding carboxylic acids is 1. The van der Waals surface area contributed by atoms with Crippen LogP contribution in [0, 0.1) is 0 Å². The van der Waals surface area contributed by atoms with Gasteiger partial charge in [-0.25, -0.2) is 0 Å². The van der Waals surface area contributed by atoms with Gasteiger partial charge in [0.2, 0.25) is 5.91 Å². The maximum absolute atomic E-state index is 12.3. The maximum atomic E-state index is 12.3. The van der Waals surface area contributed by atoms with Crippen molar-refractivity contribution in [1.82, 2.24) is 15.1 Å². The van der Waals surface area contributed by atoms with E-state index in [1.807, 2.05) is 29.5 Å². The van der Waals surface area contributed by atoms with Crippen molar-refractivity contribution < 1.29 is 9.21 Å². The number of rotatable bonds is 5. The van der Waals surface area contributed by atoms with E-state index in [9.17, 15) is 4.79 Å². The average Bonchev–Trinajstić information content (AvgIpc) is 3.23. The molecule has 0 aromatic carbocycles. The van der Waals surface area contributed by atoms with Gasteiger partial charge in [-0.15, -0.1) is 21.5 Å². The van der Waals surface area contributed by atoms with Crippen LogP contribution < -0.4 is 0 Å². The molecular weight excluding hydrogens is 318 g/mol. The van der Waals surface area contributed by atoms with Crippen molar-refractivity contribution in [3.8, 4) is 10.8 Å². The Morgan fingerprint density at radius 1 is 1.41 bits per heavy atom. The van der Waals surface area contributed by atoms with Crippen molar-refractivity contribution in [3.05, 3.63) is 17.5 Å². The molecule has 0 radical (unpaired) electrons. The number of hydrogen-bond donors (Lipinski definition) is 0. The number of aromatic nitrogens is 2. The summed E-state index contributed by atoms with van der Waals surface area (Å²) >= 11 is 2.87. The highest BCUT2D eigenvalue weighted by molar-refractivity contribution is 7.99. The summed E-state index contributed by atoms with van der Waals surface area (Å²) < 4.78 is 5.58. The van der Waals surface area contributed by atoms with E-state index in [0.29, 0.717) is 22.9 Å². The van der Waals surface area contributed by atoms with Gasteiger partial charge in [-0.2, -0.15) is 0 Å². The quantitative estimate of drug-likeness (QED) is 0.779. The fourth-order valence-electron chi connectivity index (χ4n) is 2.67. The molecule has 1 saturated carbocycles. The monoisotopic (exact) mass is 337 g/mol. The van der Waals surface area contributed by atoms with Crippen LogP contribution >= 0.6 is 23.1 Å². The standard InChI is InChI=1S/C15H19N3O2S2/c1-18(11-6-3-2-4-7-11)13(19)10-22-15-17-16-14(20-15)12-8-5-9-21-12/h5,8-9,11H,2-4,6-7,10H2,1H3. The van der Waals surface area contributed by atoms with Crippen LogP contribution in [0.25, 0.3) is 10.8 Å². The van der Waals surface area contributed by atoms with Crippen LogP contribution in [0.15, 0.2) is 27.2 Å². The van der Waals surface area contributed by atoms with Crippen molar-refractivity contribution in [2.75, 3.05) is 12.8 Å². The minimum Gasteiger partial charge on any atom is -0.410 e. The zero-order valence-corrected chi connectivity index (χ0v) is 14.2. The van der Waals surface area contributed by atoms with Crippen LogP contribution in [-0.4, -0.2) is 39.8 Å². The molecular formula is C15H19N3O2S2. The fourth-order valence-corrected chi connectivity index (χ4v) is 4.00. The molecule has 0 saturated heterocycles. The van der Waals surface area contributed by atoms with Crippen molar-refractivity contribution in [1.29, 1.82) is 0 Å². The maximum Gasteiger partial charge on any atom is 0.277 e. The smallest absolute Gasteiger partial charge is 0.277 e. The number of nitrogens with zero attached hydrogens (tertiary/aromatic N) is 3. The van der Waals surface area contributed by atoms with E-state index in [-0.39, 0.29) is 5.91 Å². The second-order valence-electron chi connectivity index (χ2n) is 5.44. The Bertz CT molecular complexity index is 606. The summed E-state index contributed by atoms with van der Waals surface area (Å²) in [4.78, 5) is 15.1. The largest absolute Gasteiger partial charge is 0.410 e. The molecule has 5 nitrogen and oxygen atoms in total. The third-order valence-electron chi connectivity index (χ3n) is 3.97. The first-order valence-corrected chi connectivity index (χ1v) is 9.36. The molecule has 0 unspecified atom stereocenters. The van der Waals surface area contributed by atoms with Crippen LogP contribution in [0.5, 0.6) is 0 Å². The predicted molar refractivity (Wildman–Crippen MR) is 88.0 cm³/mol. The van der Waals surface area contributed by atoms with Gasteiger partial charge < -0.3 is 9.32 Å². The lowest BCUT2D eigenvalue weighted by molar-refractivity contribution is -0.129. The van der Waals surface area contributed by atoms with Crippen molar-refractivity contribution >= 4 is 29.0 Å². The Kier molecular flexibility index (Phi) is 5.15. The predicted octanol–water partition coefficient (Wildman–Crippen LogP) is 3.68. The van der Waals surface area contributed by atoms with Gasteiger partial charge in [0.25, 0.3) is 11.1 Å². The molecule has 0 spiro atoms. The van der Waals surface area contributed by atoms with Gasteiger partial charge >= 0.3 is 0 Å². The summed E-state index contributed by atoms with van der Waals surface area (Å²) in [5, 5.41) is 10.4. The Balaban J connectivity index is 1.52. The molecule has 1 fully saturated rings. The van der Waals surface area contributed by atoms with Crippen LogP contribution in [0.3, 0.4) is 0 Å². The van der Waals surface area contributed by atoms with Crippen molar-refractivity contribution in [2.45, 2.75) is 43.4 Å². The highest BCUT2D eigenvalue weighted by Crippen LogP contribution is 2.27. The third-order valence-corrected chi connectivity index (χ3v) is 5.63. The molecule has 7 heteroatoms.